The minimum absolute atomic E-state index is 0.429. The van der Waals surface area contributed by atoms with Crippen molar-refractivity contribution in [3.05, 3.63) is 24.8 Å². The van der Waals surface area contributed by atoms with Crippen LogP contribution in [0.15, 0.2) is 12.1 Å². The summed E-state index contributed by atoms with van der Waals surface area (Å²) in [6.45, 7) is 0. The molecule has 0 bridgehead atoms. The highest BCUT2D eigenvalue weighted by Crippen LogP contribution is 2.26. The van der Waals surface area contributed by atoms with E-state index in [-0.39, 0.29) is 0 Å². The highest BCUT2D eigenvalue weighted by Gasteiger charge is 2.11. The Bertz CT molecular complexity index is 352. The average Bonchev–Trinajstić information content (AvgIpc) is 2.08. The number of nitrogens with two attached hydrogens (primary N) is 1. The van der Waals surface area contributed by atoms with Crippen LogP contribution in [0.5, 0.6) is 5.75 Å². The molecular weight excluding hydrogens is 396 g/mol. The Balaban J connectivity index is 3.35. The van der Waals surface area contributed by atoms with E-state index in [9.17, 15) is 4.79 Å². The molecule has 0 radical (unpaired) electrons. The molecule has 3 nitrogen and oxygen atoms in total. The minimum Gasteiger partial charge on any atom is -0.496 e. The van der Waals surface area contributed by atoms with Gasteiger partial charge >= 0.3 is 0 Å². The summed E-state index contributed by atoms with van der Waals surface area (Å²) >= 11 is 4.16. The summed E-state index contributed by atoms with van der Waals surface area (Å²) in [5.41, 5.74) is 5.71. The predicted octanol–water partition coefficient (Wildman–Crippen LogP) is 2.00. The van der Waals surface area contributed by atoms with Crippen LogP contribution in [0.25, 0.3) is 0 Å². The number of ether oxygens (including phenoxy) is 1. The van der Waals surface area contributed by atoms with Gasteiger partial charge in [-0.25, -0.2) is 0 Å². The van der Waals surface area contributed by atoms with Crippen LogP contribution in [0.2, 0.25) is 0 Å². The van der Waals surface area contributed by atoms with E-state index >= 15 is 0 Å². The van der Waals surface area contributed by atoms with Crippen LogP contribution in [0.1, 0.15) is 10.4 Å². The molecule has 0 unspecified atom stereocenters. The number of benzene rings is 1. The van der Waals surface area contributed by atoms with Crippen molar-refractivity contribution in [2.75, 3.05) is 7.11 Å². The first-order chi connectivity index (χ1) is 6.06. The predicted molar refractivity (Wildman–Crippen MR) is 66.9 cm³/mol. The number of halogens is 2. The fourth-order valence-electron chi connectivity index (χ4n) is 0.892. The highest BCUT2D eigenvalue weighted by atomic mass is 127. The fraction of sp³-hybridized carbons (Fsp3) is 0.125. The number of rotatable bonds is 2. The Hall–Kier alpha value is -0.0500. The van der Waals surface area contributed by atoms with Gasteiger partial charge in [-0.1, -0.05) is 0 Å². The molecule has 1 amide bonds. The number of amides is 1. The molecule has 0 aliphatic heterocycles. The van der Waals surface area contributed by atoms with Gasteiger partial charge < -0.3 is 10.5 Å². The quantitative estimate of drug-likeness (QED) is 0.769. The largest absolute Gasteiger partial charge is 0.496 e. The van der Waals surface area contributed by atoms with E-state index in [1.54, 1.807) is 13.2 Å². The Morgan fingerprint density at radius 3 is 2.54 bits per heavy atom. The summed E-state index contributed by atoms with van der Waals surface area (Å²) in [4.78, 5) is 11.0. The van der Waals surface area contributed by atoms with Gasteiger partial charge in [0.2, 0.25) is 5.91 Å². The van der Waals surface area contributed by atoms with E-state index in [2.05, 4.69) is 22.6 Å². The average molecular weight is 403 g/mol. The second-order valence-electron chi connectivity index (χ2n) is 2.33. The second kappa shape index (κ2) is 4.45. The number of hydrogen-bond donors (Lipinski definition) is 1. The molecule has 0 aliphatic rings. The van der Waals surface area contributed by atoms with Crippen molar-refractivity contribution in [1.29, 1.82) is 0 Å². The molecule has 70 valence electrons. The maximum absolute atomic E-state index is 11.0. The molecule has 0 heterocycles. The third kappa shape index (κ3) is 2.46. The molecule has 1 aromatic rings. The third-order valence-corrected chi connectivity index (χ3v) is 3.22. The normalized spacial score (nSPS) is 9.77. The molecule has 0 aliphatic carbocycles. The lowest BCUT2D eigenvalue weighted by molar-refractivity contribution is 0.0999. The van der Waals surface area contributed by atoms with Gasteiger partial charge in [-0.05, 0) is 57.3 Å². The molecule has 0 fully saturated rings. The van der Waals surface area contributed by atoms with Crippen molar-refractivity contribution >= 4 is 51.1 Å². The minimum atomic E-state index is -0.429. The van der Waals surface area contributed by atoms with Gasteiger partial charge in [0, 0.05) is 3.57 Å². The molecule has 0 spiro atoms. The molecule has 1 aromatic carbocycles. The first-order valence-corrected chi connectivity index (χ1v) is 5.55. The van der Waals surface area contributed by atoms with E-state index in [1.165, 1.54) is 0 Å². The van der Waals surface area contributed by atoms with Crippen LogP contribution in [-0.2, 0) is 0 Å². The molecule has 1 rings (SSSR count). The monoisotopic (exact) mass is 403 g/mol. The molecule has 0 atom stereocenters. The second-order valence-corrected chi connectivity index (χ2v) is 4.66. The van der Waals surface area contributed by atoms with Crippen molar-refractivity contribution in [3.63, 3.8) is 0 Å². The van der Waals surface area contributed by atoms with Crippen molar-refractivity contribution in [3.8, 4) is 5.75 Å². The van der Waals surface area contributed by atoms with Crippen LogP contribution < -0.4 is 10.5 Å². The summed E-state index contributed by atoms with van der Waals surface area (Å²) in [7, 11) is 1.57. The van der Waals surface area contributed by atoms with Gasteiger partial charge in [0.25, 0.3) is 0 Å². The standard InChI is InChI=1S/C8H7I2NO2/c1-13-6-3-4(9)2-5(7(6)10)8(11)12/h2-3H,1H3,(H2,11,12). The maximum Gasteiger partial charge on any atom is 0.249 e. The maximum atomic E-state index is 11.0. The zero-order valence-electron chi connectivity index (χ0n) is 6.80. The zero-order valence-corrected chi connectivity index (χ0v) is 11.1. The first kappa shape index (κ1) is 11.0. The van der Waals surface area contributed by atoms with Gasteiger partial charge in [-0.3, -0.25) is 4.79 Å². The van der Waals surface area contributed by atoms with Crippen LogP contribution in [-0.4, -0.2) is 13.0 Å². The van der Waals surface area contributed by atoms with Crippen LogP contribution in [0, 0.1) is 7.14 Å². The number of primary amides is 1. The van der Waals surface area contributed by atoms with E-state index in [0.717, 1.165) is 7.14 Å². The number of hydrogen-bond acceptors (Lipinski definition) is 2. The van der Waals surface area contributed by atoms with Crippen LogP contribution in [0.3, 0.4) is 0 Å². The first-order valence-electron chi connectivity index (χ1n) is 3.39. The molecule has 0 saturated heterocycles. The summed E-state index contributed by atoms with van der Waals surface area (Å²) in [6, 6.07) is 3.60. The van der Waals surface area contributed by atoms with E-state index in [1.807, 2.05) is 28.7 Å². The lowest BCUT2D eigenvalue weighted by atomic mass is 10.2. The van der Waals surface area contributed by atoms with Crippen molar-refractivity contribution < 1.29 is 9.53 Å². The van der Waals surface area contributed by atoms with Crippen molar-refractivity contribution in [1.82, 2.24) is 0 Å². The van der Waals surface area contributed by atoms with Crippen LogP contribution >= 0.6 is 45.2 Å². The topological polar surface area (TPSA) is 52.3 Å². The summed E-state index contributed by atoms with van der Waals surface area (Å²) in [5.74, 6) is 0.252. The lowest BCUT2D eigenvalue weighted by Gasteiger charge is -2.07. The molecule has 0 aromatic heterocycles. The highest BCUT2D eigenvalue weighted by molar-refractivity contribution is 14.1. The summed E-state index contributed by atoms with van der Waals surface area (Å²) < 4.78 is 6.79. The fourth-order valence-corrected chi connectivity index (χ4v) is 2.28. The molecular formula is C8H7I2NO2. The number of carbonyl (C=O) groups is 1. The number of methoxy groups -OCH3 is 1. The molecule has 0 saturated carbocycles. The Morgan fingerprint density at radius 1 is 1.46 bits per heavy atom. The number of carbonyl (C=O) groups excluding carboxylic acids is 1. The molecule has 5 heteroatoms. The molecule has 2 N–H and O–H groups in total. The molecule has 13 heavy (non-hydrogen) atoms. The van der Waals surface area contributed by atoms with Gasteiger partial charge in [-0.2, -0.15) is 0 Å². The van der Waals surface area contributed by atoms with Gasteiger partial charge in [0.1, 0.15) is 5.75 Å². The van der Waals surface area contributed by atoms with Gasteiger partial charge in [0.15, 0.2) is 0 Å². The summed E-state index contributed by atoms with van der Waals surface area (Å²) in [6.07, 6.45) is 0. The van der Waals surface area contributed by atoms with E-state index < -0.39 is 5.91 Å². The van der Waals surface area contributed by atoms with Gasteiger partial charge in [-0.15, -0.1) is 0 Å². The van der Waals surface area contributed by atoms with Crippen molar-refractivity contribution in [2.24, 2.45) is 5.73 Å². The Labute approximate surface area is 103 Å². The summed E-state index contributed by atoms with van der Waals surface area (Å²) in [5, 5.41) is 0. The Morgan fingerprint density at radius 2 is 2.08 bits per heavy atom. The van der Waals surface area contributed by atoms with E-state index in [4.69, 9.17) is 10.5 Å². The SMILES string of the molecule is COc1cc(I)cc(C(N)=O)c1I. The smallest absolute Gasteiger partial charge is 0.249 e. The zero-order chi connectivity index (χ0) is 10.0. The van der Waals surface area contributed by atoms with Crippen LogP contribution in [0.4, 0.5) is 0 Å². The van der Waals surface area contributed by atoms with E-state index in [0.29, 0.717) is 11.3 Å². The Kier molecular flexibility index (Phi) is 3.77. The van der Waals surface area contributed by atoms with Gasteiger partial charge in [0.05, 0.1) is 16.2 Å². The lowest BCUT2D eigenvalue weighted by Crippen LogP contribution is -2.13. The third-order valence-electron chi connectivity index (χ3n) is 1.49. The van der Waals surface area contributed by atoms with Crippen molar-refractivity contribution in [2.45, 2.75) is 0 Å².